The van der Waals surface area contributed by atoms with E-state index in [2.05, 4.69) is 60.4 Å². The summed E-state index contributed by atoms with van der Waals surface area (Å²) in [5, 5.41) is 13.3. The first kappa shape index (κ1) is 27.2. The minimum absolute atomic E-state index is 0. The highest BCUT2D eigenvalue weighted by atomic mass is 35.5. The number of primary amides is 1. The molecule has 4 N–H and O–H groups in total. The monoisotopic (exact) mass is 501 g/mol. The molecule has 4 aromatic rings. The number of carbonyl (C=O) groups excluding carboxylic acids is 1. The first-order valence-electron chi connectivity index (χ1n) is 10.6. The van der Waals surface area contributed by atoms with Crippen molar-refractivity contribution in [2.24, 2.45) is 17.4 Å². The maximum Gasteiger partial charge on any atom is 0.241 e. The van der Waals surface area contributed by atoms with Gasteiger partial charge in [-0.2, -0.15) is 4.80 Å². The molecule has 0 aliphatic carbocycles. The molecule has 2 heterocycles. The first-order valence-corrected chi connectivity index (χ1v) is 10.6. The topological polar surface area (TPSA) is 126 Å². The standard InChI is InChI=1S/C24H27N7O.2ClH/c1-14(2)10-21-19(12-25)23(16-6-4-15(3)5-7-16)18-11-17(8-9-20(18)27-21)24-28-30-31(29-24)13-22(26)32;;/h4-9,11,14H,10,12-13,25H2,1-3H3,(H2,26,32);2*1H. The van der Waals surface area contributed by atoms with Gasteiger partial charge in [-0.05, 0) is 59.4 Å². The van der Waals surface area contributed by atoms with Gasteiger partial charge in [-0.15, -0.1) is 35.0 Å². The number of hydrogen-bond acceptors (Lipinski definition) is 6. The van der Waals surface area contributed by atoms with Crippen LogP contribution in [0.3, 0.4) is 0 Å². The van der Waals surface area contributed by atoms with Crippen molar-refractivity contribution in [1.82, 2.24) is 25.2 Å². The number of carbonyl (C=O) groups is 1. The minimum Gasteiger partial charge on any atom is -0.368 e. The van der Waals surface area contributed by atoms with Crippen LogP contribution in [0.25, 0.3) is 33.4 Å². The maximum absolute atomic E-state index is 11.2. The largest absolute Gasteiger partial charge is 0.368 e. The molecular weight excluding hydrogens is 473 g/mol. The quantitative estimate of drug-likeness (QED) is 0.396. The van der Waals surface area contributed by atoms with E-state index in [-0.39, 0.29) is 31.4 Å². The van der Waals surface area contributed by atoms with Crippen LogP contribution >= 0.6 is 24.8 Å². The van der Waals surface area contributed by atoms with Crippen molar-refractivity contribution in [2.45, 2.75) is 40.3 Å². The second-order valence-corrected chi connectivity index (χ2v) is 8.42. The van der Waals surface area contributed by atoms with Crippen LogP contribution in [0.15, 0.2) is 42.5 Å². The third-order valence-electron chi connectivity index (χ3n) is 5.33. The van der Waals surface area contributed by atoms with Gasteiger partial charge in [0, 0.05) is 23.2 Å². The molecule has 34 heavy (non-hydrogen) atoms. The number of benzene rings is 2. The summed E-state index contributed by atoms with van der Waals surface area (Å²) in [6.45, 7) is 6.71. The van der Waals surface area contributed by atoms with E-state index in [1.165, 1.54) is 10.4 Å². The molecule has 1 amide bonds. The van der Waals surface area contributed by atoms with Crippen LogP contribution in [0.5, 0.6) is 0 Å². The Labute approximate surface area is 210 Å². The molecule has 180 valence electrons. The zero-order valence-electron chi connectivity index (χ0n) is 19.4. The highest BCUT2D eigenvalue weighted by molar-refractivity contribution is 5.98. The van der Waals surface area contributed by atoms with Crippen molar-refractivity contribution in [2.75, 3.05) is 0 Å². The third kappa shape index (κ3) is 5.70. The van der Waals surface area contributed by atoms with Crippen LogP contribution in [0.4, 0.5) is 0 Å². The van der Waals surface area contributed by atoms with E-state index < -0.39 is 5.91 Å². The van der Waals surface area contributed by atoms with Crippen molar-refractivity contribution < 1.29 is 4.79 Å². The average molecular weight is 502 g/mol. The molecule has 10 heteroatoms. The summed E-state index contributed by atoms with van der Waals surface area (Å²) in [4.78, 5) is 17.3. The molecule has 0 aliphatic heterocycles. The molecule has 0 saturated heterocycles. The predicted molar refractivity (Wildman–Crippen MR) is 139 cm³/mol. The van der Waals surface area contributed by atoms with E-state index >= 15 is 0 Å². The number of halogens is 2. The number of pyridine rings is 1. The summed E-state index contributed by atoms with van der Waals surface area (Å²) in [6.07, 6.45) is 0.853. The van der Waals surface area contributed by atoms with Gasteiger partial charge in [-0.25, -0.2) is 0 Å². The van der Waals surface area contributed by atoms with Crippen molar-refractivity contribution in [1.29, 1.82) is 0 Å². The van der Waals surface area contributed by atoms with Crippen LogP contribution in [0, 0.1) is 12.8 Å². The normalized spacial score (nSPS) is 10.7. The number of rotatable bonds is 7. The second-order valence-electron chi connectivity index (χ2n) is 8.42. The van der Waals surface area contributed by atoms with E-state index in [1.807, 2.05) is 18.2 Å². The highest BCUT2D eigenvalue weighted by Gasteiger charge is 2.18. The van der Waals surface area contributed by atoms with Crippen molar-refractivity contribution in [3.8, 4) is 22.5 Å². The van der Waals surface area contributed by atoms with Gasteiger partial charge in [0.2, 0.25) is 11.7 Å². The van der Waals surface area contributed by atoms with E-state index in [9.17, 15) is 4.79 Å². The number of aromatic nitrogens is 5. The molecule has 0 spiro atoms. The molecule has 4 rings (SSSR count). The van der Waals surface area contributed by atoms with Crippen LogP contribution in [-0.2, 0) is 24.3 Å². The van der Waals surface area contributed by atoms with Gasteiger partial charge in [-0.3, -0.25) is 9.78 Å². The van der Waals surface area contributed by atoms with Crippen LogP contribution in [0.2, 0.25) is 0 Å². The number of nitrogens with two attached hydrogens (primary N) is 2. The molecule has 0 aliphatic rings. The Morgan fingerprint density at radius 2 is 1.74 bits per heavy atom. The van der Waals surface area contributed by atoms with E-state index in [0.717, 1.165) is 45.3 Å². The molecule has 0 fully saturated rings. The maximum atomic E-state index is 11.2. The van der Waals surface area contributed by atoms with Crippen LogP contribution in [-0.4, -0.2) is 31.1 Å². The lowest BCUT2D eigenvalue weighted by molar-refractivity contribution is -0.118. The summed E-state index contributed by atoms with van der Waals surface area (Å²) in [5.74, 6) is 0.354. The summed E-state index contributed by atoms with van der Waals surface area (Å²) in [7, 11) is 0. The smallest absolute Gasteiger partial charge is 0.241 e. The minimum atomic E-state index is -0.524. The number of nitrogens with zero attached hydrogens (tertiary/aromatic N) is 5. The molecule has 0 bridgehead atoms. The fourth-order valence-corrected chi connectivity index (χ4v) is 3.88. The van der Waals surface area contributed by atoms with Gasteiger partial charge in [0.25, 0.3) is 0 Å². The average Bonchev–Trinajstić information content (AvgIpc) is 3.20. The van der Waals surface area contributed by atoms with Gasteiger partial charge in [0.1, 0.15) is 6.54 Å². The lowest BCUT2D eigenvalue weighted by Crippen LogP contribution is -2.20. The molecule has 0 radical (unpaired) electrons. The van der Waals surface area contributed by atoms with Gasteiger partial charge in [0.05, 0.1) is 5.52 Å². The fourth-order valence-electron chi connectivity index (χ4n) is 3.88. The molecule has 0 unspecified atom stereocenters. The van der Waals surface area contributed by atoms with E-state index in [1.54, 1.807) is 0 Å². The number of amides is 1. The summed E-state index contributed by atoms with van der Waals surface area (Å²) in [6, 6.07) is 14.4. The lowest BCUT2D eigenvalue weighted by Gasteiger charge is -2.18. The summed E-state index contributed by atoms with van der Waals surface area (Å²) in [5.41, 5.74) is 18.6. The Hall–Kier alpha value is -3.07. The van der Waals surface area contributed by atoms with Crippen molar-refractivity contribution in [3.05, 3.63) is 59.3 Å². The Balaban J connectivity index is 0.00000204. The number of hydrogen-bond donors (Lipinski definition) is 2. The summed E-state index contributed by atoms with van der Waals surface area (Å²) < 4.78 is 0. The Morgan fingerprint density at radius 3 is 2.35 bits per heavy atom. The van der Waals surface area contributed by atoms with Gasteiger partial charge in [0.15, 0.2) is 0 Å². The number of aryl methyl sites for hydroxylation is 1. The van der Waals surface area contributed by atoms with Crippen molar-refractivity contribution >= 4 is 41.6 Å². The second kappa shape index (κ2) is 11.4. The van der Waals surface area contributed by atoms with Crippen LogP contribution in [0.1, 0.15) is 30.7 Å². The zero-order valence-corrected chi connectivity index (χ0v) is 21.0. The van der Waals surface area contributed by atoms with Gasteiger partial charge in [-0.1, -0.05) is 43.7 Å². The van der Waals surface area contributed by atoms with Gasteiger partial charge < -0.3 is 11.5 Å². The van der Waals surface area contributed by atoms with E-state index in [0.29, 0.717) is 18.3 Å². The number of fused-ring (bicyclic) bond motifs is 1. The van der Waals surface area contributed by atoms with Gasteiger partial charge >= 0.3 is 0 Å². The SMILES string of the molecule is Cc1ccc(-c2c(CN)c(CC(C)C)nc3ccc(-c4nnn(CC(N)=O)n4)cc23)cc1.Cl.Cl. The van der Waals surface area contributed by atoms with Crippen LogP contribution < -0.4 is 11.5 Å². The zero-order chi connectivity index (χ0) is 22.8. The molecular formula is C24H29Cl2N7O. The molecule has 2 aromatic carbocycles. The highest BCUT2D eigenvalue weighted by Crippen LogP contribution is 2.35. The Morgan fingerprint density at radius 1 is 1.06 bits per heavy atom. The van der Waals surface area contributed by atoms with Crippen molar-refractivity contribution in [3.63, 3.8) is 0 Å². The predicted octanol–water partition coefficient (Wildman–Crippen LogP) is 3.85. The fraction of sp³-hybridized carbons (Fsp3) is 0.292. The molecule has 8 nitrogen and oxygen atoms in total. The Kier molecular flexibility index (Phi) is 9.09. The lowest BCUT2D eigenvalue weighted by atomic mass is 9.90. The summed E-state index contributed by atoms with van der Waals surface area (Å²) >= 11 is 0. The molecule has 2 aromatic heterocycles. The third-order valence-corrected chi connectivity index (χ3v) is 5.33. The van der Waals surface area contributed by atoms with E-state index in [4.69, 9.17) is 16.5 Å². The Bertz CT molecular complexity index is 1290. The molecule has 0 atom stereocenters. The molecule has 0 saturated carbocycles. The number of tetrazole rings is 1. The first-order chi connectivity index (χ1) is 15.4.